The number of furan rings is 1. The molecular formula is C12H22N2O3S2. The predicted octanol–water partition coefficient (Wildman–Crippen LogP) is 1.78. The molecule has 0 radical (unpaired) electrons. The SMILES string of the molecule is CCSCC(C)NS(=O)(=O)c1c(C)oc(C)c1CN. The van der Waals surface area contributed by atoms with E-state index in [1.54, 1.807) is 25.6 Å². The number of thioether (sulfide) groups is 1. The Morgan fingerprint density at radius 2 is 2.00 bits per heavy atom. The van der Waals surface area contributed by atoms with Gasteiger partial charge in [0, 0.05) is 23.9 Å². The highest BCUT2D eigenvalue weighted by atomic mass is 32.2. The van der Waals surface area contributed by atoms with E-state index in [-0.39, 0.29) is 17.5 Å². The third-order valence-corrected chi connectivity index (χ3v) is 5.65. The summed E-state index contributed by atoms with van der Waals surface area (Å²) in [5.74, 6) is 2.66. The van der Waals surface area contributed by atoms with E-state index >= 15 is 0 Å². The molecule has 0 fully saturated rings. The molecule has 7 heteroatoms. The van der Waals surface area contributed by atoms with Gasteiger partial charge in [-0.2, -0.15) is 11.8 Å². The van der Waals surface area contributed by atoms with Crippen molar-refractivity contribution in [3.05, 3.63) is 17.1 Å². The number of rotatable bonds is 7. The standard InChI is InChI=1S/C12H22N2O3S2/c1-5-18-7-8(2)14-19(15,16)12-10(4)17-9(3)11(12)6-13/h8,14H,5-7,13H2,1-4H3. The van der Waals surface area contributed by atoms with Crippen LogP contribution in [0.5, 0.6) is 0 Å². The average molecular weight is 306 g/mol. The molecule has 0 bridgehead atoms. The molecule has 0 saturated carbocycles. The largest absolute Gasteiger partial charge is 0.465 e. The van der Waals surface area contributed by atoms with Gasteiger partial charge in [0.05, 0.1) is 0 Å². The molecule has 1 aromatic rings. The van der Waals surface area contributed by atoms with Crippen LogP contribution in [-0.2, 0) is 16.6 Å². The minimum Gasteiger partial charge on any atom is -0.465 e. The topological polar surface area (TPSA) is 85.3 Å². The highest BCUT2D eigenvalue weighted by molar-refractivity contribution is 7.99. The first kappa shape index (κ1) is 16.6. The summed E-state index contributed by atoms with van der Waals surface area (Å²) in [5, 5.41) is 0. The molecule has 0 amide bonds. The van der Waals surface area contributed by atoms with E-state index in [0.717, 1.165) is 11.5 Å². The van der Waals surface area contributed by atoms with Crippen LogP contribution in [0.1, 0.15) is 30.9 Å². The highest BCUT2D eigenvalue weighted by Crippen LogP contribution is 2.26. The number of nitrogens with two attached hydrogens (primary N) is 1. The summed E-state index contributed by atoms with van der Waals surface area (Å²) in [5.41, 5.74) is 6.17. The Balaban J connectivity index is 3.01. The third kappa shape index (κ3) is 3.98. The smallest absolute Gasteiger partial charge is 0.244 e. The van der Waals surface area contributed by atoms with Crippen molar-refractivity contribution >= 4 is 21.8 Å². The minimum absolute atomic E-state index is 0.129. The molecule has 1 unspecified atom stereocenters. The Bertz CT molecular complexity index is 523. The fourth-order valence-corrected chi connectivity index (χ4v) is 4.43. The normalized spacial score (nSPS) is 13.7. The molecule has 0 aliphatic carbocycles. The Kier molecular flexibility index (Phi) is 5.91. The second-order valence-electron chi connectivity index (χ2n) is 4.41. The van der Waals surface area contributed by atoms with Crippen molar-refractivity contribution in [2.75, 3.05) is 11.5 Å². The summed E-state index contributed by atoms with van der Waals surface area (Å²) in [7, 11) is -3.58. The highest BCUT2D eigenvalue weighted by Gasteiger charge is 2.27. The lowest BCUT2D eigenvalue weighted by Crippen LogP contribution is -2.35. The number of nitrogens with one attached hydrogen (secondary N) is 1. The first-order valence-corrected chi connectivity index (χ1v) is 8.86. The van der Waals surface area contributed by atoms with Gasteiger partial charge in [-0.25, -0.2) is 13.1 Å². The van der Waals surface area contributed by atoms with E-state index in [9.17, 15) is 8.42 Å². The van der Waals surface area contributed by atoms with Crippen molar-refractivity contribution in [2.24, 2.45) is 5.73 Å². The van der Waals surface area contributed by atoms with Crippen LogP contribution < -0.4 is 10.5 Å². The molecule has 1 rings (SSSR count). The first-order chi connectivity index (χ1) is 8.83. The molecule has 0 aliphatic rings. The maximum absolute atomic E-state index is 12.4. The zero-order valence-electron chi connectivity index (χ0n) is 11.8. The maximum Gasteiger partial charge on any atom is 0.244 e. The Hall–Kier alpha value is -0.500. The number of sulfonamides is 1. The van der Waals surface area contributed by atoms with Gasteiger partial charge in [0.25, 0.3) is 0 Å². The maximum atomic E-state index is 12.4. The lowest BCUT2D eigenvalue weighted by atomic mass is 10.2. The van der Waals surface area contributed by atoms with E-state index in [2.05, 4.69) is 4.72 Å². The minimum atomic E-state index is -3.58. The second-order valence-corrected chi connectivity index (χ2v) is 7.38. The van der Waals surface area contributed by atoms with Crippen molar-refractivity contribution in [1.82, 2.24) is 4.72 Å². The van der Waals surface area contributed by atoms with Crippen LogP contribution in [0.3, 0.4) is 0 Å². The molecule has 3 N–H and O–H groups in total. The summed E-state index contributed by atoms with van der Waals surface area (Å²) >= 11 is 1.70. The van der Waals surface area contributed by atoms with Crippen molar-refractivity contribution in [2.45, 2.75) is 45.2 Å². The summed E-state index contributed by atoms with van der Waals surface area (Å²) in [6.45, 7) is 7.42. The van der Waals surface area contributed by atoms with Gasteiger partial charge in [0.2, 0.25) is 10.0 Å². The van der Waals surface area contributed by atoms with Crippen molar-refractivity contribution in [1.29, 1.82) is 0 Å². The lowest BCUT2D eigenvalue weighted by molar-refractivity contribution is 0.493. The Morgan fingerprint density at radius 1 is 1.37 bits per heavy atom. The summed E-state index contributed by atoms with van der Waals surface area (Å²) < 4.78 is 32.8. The van der Waals surface area contributed by atoms with Gasteiger partial charge in [-0.1, -0.05) is 6.92 Å². The quantitative estimate of drug-likeness (QED) is 0.802. The summed E-state index contributed by atoms with van der Waals surface area (Å²) in [6, 6.07) is -0.129. The van der Waals surface area contributed by atoms with Crippen molar-refractivity contribution in [3.63, 3.8) is 0 Å². The zero-order chi connectivity index (χ0) is 14.6. The number of hydrogen-bond acceptors (Lipinski definition) is 5. The fraction of sp³-hybridized carbons (Fsp3) is 0.667. The van der Waals surface area contributed by atoms with Gasteiger partial charge < -0.3 is 10.2 Å². The molecule has 0 aliphatic heterocycles. The molecule has 0 saturated heterocycles. The molecule has 0 aromatic carbocycles. The van der Waals surface area contributed by atoms with E-state index in [1.807, 2.05) is 13.8 Å². The Morgan fingerprint density at radius 3 is 2.53 bits per heavy atom. The van der Waals surface area contributed by atoms with Crippen molar-refractivity contribution in [3.8, 4) is 0 Å². The van der Waals surface area contributed by atoms with Crippen LogP contribution in [0.15, 0.2) is 9.31 Å². The van der Waals surface area contributed by atoms with E-state index < -0.39 is 10.0 Å². The average Bonchev–Trinajstić information content (AvgIpc) is 2.60. The molecule has 1 atom stereocenters. The summed E-state index contributed by atoms with van der Waals surface area (Å²) in [6.07, 6.45) is 0. The molecule has 110 valence electrons. The van der Waals surface area contributed by atoms with Crippen LogP contribution in [-0.4, -0.2) is 26.0 Å². The first-order valence-electron chi connectivity index (χ1n) is 6.22. The van der Waals surface area contributed by atoms with Crippen LogP contribution in [0.4, 0.5) is 0 Å². The number of aryl methyl sites for hydroxylation is 2. The van der Waals surface area contributed by atoms with Crippen LogP contribution >= 0.6 is 11.8 Å². The predicted molar refractivity (Wildman–Crippen MR) is 78.9 cm³/mol. The number of hydrogen-bond donors (Lipinski definition) is 2. The van der Waals surface area contributed by atoms with Gasteiger partial charge in [0.15, 0.2) is 0 Å². The second kappa shape index (κ2) is 6.78. The van der Waals surface area contributed by atoms with Crippen LogP contribution in [0.2, 0.25) is 0 Å². The van der Waals surface area contributed by atoms with Gasteiger partial charge in [-0.15, -0.1) is 0 Å². The van der Waals surface area contributed by atoms with Gasteiger partial charge in [-0.3, -0.25) is 0 Å². The molecule has 0 spiro atoms. The summed E-state index contributed by atoms with van der Waals surface area (Å²) in [4.78, 5) is 0.195. The van der Waals surface area contributed by atoms with Crippen LogP contribution in [0.25, 0.3) is 0 Å². The van der Waals surface area contributed by atoms with Gasteiger partial charge in [-0.05, 0) is 26.5 Å². The zero-order valence-corrected chi connectivity index (χ0v) is 13.5. The Labute approximate surface area is 119 Å². The molecular weight excluding hydrogens is 284 g/mol. The third-order valence-electron chi connectivity index (χ3n) is 2.73. The van der Waals surface area contributed by atoms with Crippen molar-refractivity contribution < 1.29 is 12.8 Å². The monoisotopic (exact) mass is 306 g/mol. The van der Waals surface area contributed by atoms with Gasteiger partial charge in [0.1, 0.15) is 16.4 Å². The van der Waals surface area contributed by atoms with Gasteiger partial charge >= 0.3 is 0 Å². The fourth-order valence-electron chi connectivity index (χ4n) is 1.95. The van der Waals surface area contributed by atoms with Crippen LogP contribution in [0, 0.1) is 13.8 Å². The lowest BCUT2D eigenvalue weighted by Gasteiger charge is -2.14. The van der Waals surface area contributed by atoms with E-state index in [4.69, 9.17) is 10.2 Å². The molecule has 1 heterocycles. The van der Waals surface area contributed by atoms with E-state index in [0.29, 0.717) is 17.1 Å². The molecule has 5 nitrogen and oxygen atoms in total. The van der Waals surface area contributed by atoms with E-state index in [1.165, 1.54) is 0 Å². The molecule has 1 aromatic heterocycles. The molecule has 19 heavy (non-hydrogen) atoms.